The zero-order valence-corrected chi connectivity index (χ0v) is 13.5. The van der Waals surface area contributed by atoms with Crippen molar-refractivity contribution in [3.05, 3.63) is 17.4 Å². The molecule has 0 aliphatic rings. The third kappa shape index (κ3) is 4.24. The molecule has 1 aromatic heterocycles. The molecular formula is C12H19ClN4OS. The molecule has 0 fully saturated rings. The van der Waals surface area contributed by atoms with Crippen LogP contribution in [0.4, 0.5) is 4.79 Å². The van der Waals surface area contributed by atoms with E-state index in [1.807, 2.05) is 20.8 Å². The predicted octanol–water partition coefficient (Wildman–Crippen LogP) is 2.95. The number of hydrogen-bond donors (Lipinski definition) is 0. The van der Waals surface area contributed by atoms with Crippen molar-refractivity contribution in [2.45, 2.75) is 31.3 Å². The Labute approximate surface area is 123 Å². The zero-order valence-electron chi connectivity index (χ0n) is 11.9. The van der Waals surface area contributed by atoms with Crippen LogP contribution in [0.3, 0.4) is 0 Å². The van der Waals surface area contributed by atoms with Gasteiger partial charge in [0.15, 0.2) is 11.0 Å². The lowest BCUT2D eigenvalue weighted by Crippen LogP contribution is -2.29. The highest BCUT2D eigenvalue weighted by molar-refractivity contribution is 7.99. The standard InChI is InChI=1S/C12H19ClN4OS/c1-8(13)7-19-10-14-9(12(2,3)4)15-17(10)11(18)16(5)6/h1,7H2,2-6H3. The summed E-state index contributed by atoms with van der Waals surface area (Å²) in [6, 6.07) is -0.231. The molecule has 0 N–H and O–H groups in total. The molecule has 0 saturated carbocycles. The molecule has 0 aromatic carbocycles. The smallest absolute Gasteiger partial charge is 0.329 e. The van der Waals surface area contributed by atoms with E-state index in [9.17, 15) is 4.79 Å². The van der Waals surface area contributed by atoms with Crippen LogP contribution in [0.5, 0.6) is 0 Å². The van der Waals surface area contributed by atoms with Gasteiger partial charge in [0, 0.05) is 30.3 Å². The summed E-state index contributed by atoms with van der Waals surface area (Å²) in [4.78, 5) is 18.0. The highest BCUT2D eigenvalue weighted by Crippen LogP contribution is 2.25. The molecule has 0 aliphatic carbocycles. The molecule has 5 nitrogen and oxygen atoms in total. The van der Waals surface area contributed by atoms with Crippen LogP contribution >= 0.6 is 23.4 Å². The van der Waals surface area contributed by atoms with Gasteiger partial charge in [0.25, 0.3) is 0 Å². The maximum absolute atomic E-state index is 12.1. The van der Waals surface area contributed by atoms with E-state index in [1.54, 1.807) is 14.1 Å². The van der Waals surface area contributed by atoms with Gasteiger partial charge in [-0.15, -0.1) is 5.10 Å². The number of rotatable bonds is 3. The second-order valence-corrected chi connectivity index (χ2v) is 6.84. The van der Waals surface area contributed by atoms with Crippen molar-refractivity contribution in [1.29, 1.82) is 0 Å². The van der Waals surface area contributed by atoms with Crippen LogP contribution < -0.4 is 0 Å². The highest BCUT2D eigenvalue weighted by atomic mass is 35.5. The van der Waals surface area contributed by atoms with E-state index in [0.717, 1.165) is 0 Å². The molecule has 0 bridgehead atoms. The van der Waals surface area contributed by atoms with Crippen molar-refractivity contribution in [3.63, 3.8) is 0 Å². The first-order valence-corrected chi connectivity index (χ1v) is 7.14. The summed E-state index contributed by atoms with van der Waals surface area (Å²) >= 11 is 7.10. The molecule has 0 unspecified atom stereocenters. The molecule has 1 aromatic rings. The Balaban J connectivity index is 3.14. The lowest BCUT2D eigenvalue weighted by atomic mass is 9.96. The van der Waals surface area contributed by atoms with E-state index < -0.39 is 0 Å². The van der Waals surface area contributed by atoms with Crippen LogP contribution in [0, 0.1) is 0 Å². The van der Waals surface area contributed by atoms with Crippen molar-refractivity contribution in [2.24, 2.45) is 0 Å². The predicted molar refractivity (Wildman–Crippen MR) is 78.9 cm³/mol. The first-order valence-electron chi connectivity index (χ1n) is 5.78. The number of nitrogens with zero attached hydrogens (tertiary/aromatic N) is 4. The Morgan fingerprint density at radius 1 is 1.47 bits per heavy atom. The summed E-state index contributed by atoms with van der Waals surface area (Å²) in [6.45, 7) is 9.63. The first kappa shape index (κ1) is 16.0. The molecule has 7 heteroatoms. The van der Waals surface area contributed by atoms with Crippen molar-refractivity contribution in [2.75, 3.05) is 19.8 Å². The Hall–Kier alpha value is -1.01. The molecule has 0 radical (unpaired) electrons. The Morgan fingerprint density at radius 2 is 2.05 bits per heavy atom. The largest absolute Gasteiger partial charge is 0.346 e. The van der Waals surface area contributed by atoms with Crippen LogP contribution in [0.2, 0.25) is 0 Å². The Kier molecular flexibility index (Phi) is 5.04. The number of thioether (sulfide) groups is 1. The monoisotopic (exact) mass is 302 g/mol. The van der Waals surface area contributed by atoms with Crippen LogP contribution in [-0.2, 0) is 5.41 Å². The van der Waals surface area contributed by atoms with Crippen molar-refractivity contribution < 1.29 is 4.79 Å². The summed E-state index contributed by atoms with van der Waals surface area (Å²) in [5.74, 6) is 1.12. The molecule has 0 aliphatic heterocycles. The third-order valence-corrected chi connectivity index (χ3v) is 3.48. The summed E-state index contributed by atoms with van der Waals surface area (Å²) in [6.07, 6.45) is 0. The van der Waals surface area contributed by atoms with Crippen molar-refractivity contribution in [3.8, 4) is 0 Å². The van der Waals surface area contributed by atoms with E-state index in [2.05, 4.69) is 16.7 Å². The number of carbonyl (C=O) groups is 1. The quantitative estimate of drug-likeness (QED) is 0.806. The second kappa shape index (κ2) is 5.96. The van der Waals surface area contributed by atoms with Crippen LogP contribution in [0.15, 0.2) is 16.8 Å². The molecule has 1 amide bonds. The number of hydrogen-bond acceptors (Lipinski definition) is 4. The summed E-state index contributed by atoms with van der Waals surface area (Å²) in [5, 5.41) is 5.34. The topological polar surface area (TPSA) is 51.0 Å². The molecule has 0 saturated heterocycles. The van der Waals surface area contributed by atoms with Gasteiger partial charge in [0.2, 0.25) is 0 Å². The Bertz CT molecular complexity index is 490. The SMILES string of the molecule is C=C(Cl)CSc1nc(C(C)(C)C)nn1C(=O)N(C)C. The van der Waals surface area contributed by atoms with Gasteiger partial charge in [-0.2, -0.15) is 4.68 Å². The average molecular weight is 303 g/mol. The first-order chi connectivity index (χ1) is 8.62. The van der Waals surface area contributed by atoms with Gasteiger partial charge in [-0.1, -0.05) is 50.7 Å². The van der Waals surface area contributed by atoms with E-state index in [1.165, 1.54) is 21.3 Å². The fourth-order valence-corrected chi connectivity index (χ4v) is 2.01. The maximum Gasteiger partial charge on any atom is 0.346 e. The Morgan fingerprint density at radius 3 is 2.47 bits per heavy atom. The van der Waals surface area contributed by atoms with Gasteiger partial charge >= 0.3 is 6.03 Å². The lowest BCUT2D eigenvalue weighted by Gasteiger charge is -2.13. The van der Waals surface area contributed by atoms with Gasteiger partial charge in [-0.3, -0.25) is 0 Å². The van der Waals surface area contributed by atoms with Gasteiger partial charge < -0.3 is 4.90 Å². The second-order valence-electron chi connectivity index (χ2n) is 5.36. The van der Waals surface area contributed by atoms with Crippen LogP contribution in [-0.4, -0.2) is 45.5 Å². The minimum absolute atomic E-state index is 0.217. The minimum atomic E-state index is -0.231. The van der Waals surface area contributed by atoms with E-state index in [-0.39, 0.29) is 11.4 Å². The van der Waals surface area contributed by atoms with E-state index in [4.69, 9.17) is 11.6 Å². The molecule has 0 atom stereocenters. The number of amides is 1. The third-order valence-electron chi connectivity index (χ3n) is 2.17. The number of halogens is 1. The van der Waals surface area contributed by atoms with Crippen LogP contribution in [0.25, 0.3) is 0 Å². The van der Waals surface area contributed by atoms with E-state index in [0.29, 0.717) is 21.8 Å². The normalized spacial score (nSPS) is 11.5. The highest BCUT2D eigenvalue weighted by Gasteiger charge is 2.25. The van der Waals surface area contributed by atoms with Gasteiger partial charge in [-0.05, 0) is 0 Å². The molecule has 19 heavy (non-hydrogen) atoms. The summed E-state index contributed by atoms with van der Waals surface area (Å²) < 4.78 is 1.31. The van der Waals surface area contributed by atoms with Crippen LogP contribution in [0.1, 0.15) is 26.6 Å². The number of aromatic nitrogens is 3. The van der Waals surface area contributed by atoms with Gasteiger partial charge in [0.05, 0.1) is 0 Å². The summed E-state index contributed by atoms with van der Waals surface area (Å²) in [5.41, 5.74) is -0.217. The van der Waals surface area contributed by atoms with Gasteiger partial charge in [0.1, 0.15) is 0 Å². The maximum atomic E-state index is 12.1. The average Bonchev–Trinajstić information content (AvgIpc) is 2.68. The molecule has 1 heterocycles. The van der Waals surface area contributed by atoms with E-state index >= 15 is 0 Å². The molecule has 106 valence electrons. The molecular weight excluding hydrogens is 284 g/mol. The van der Waals surface area contributed by atoms with Gasteiger partial charge in [-0.25, -0.2) is 9.78 Å². The van der Waals surface area contributed by atoms with Crippen molar-refractivity contribution >= 4 is 29.4 Å². The fraction of sp³-hybridized carbons (Fsp3) is 0.583. The minimum Gasteiger partial charge on any atom is -0.329 e. The molecule has 1 rings (SSSR count). The number of carbonyl (C=O) groups excluding carboxylic acids is 1. The zero-order chi connectivity index (χ0) is 14.8. The summed E-state index contributed by atoms with van der Waals surface area (Å²) in [7, 11) is 3.35. The lowest BCUT2D eigenvalue weighted by molar-refractivity contribution is 0.213. The molecule has 0 spiro atoms. The van der Waals surface area contributed by atoms with Crippen molar-refractivity contribution in [1.82, 2.24) is 19.7 Å². The fourth-order valence-electron chi connectivity index (χ4n) is 1.17.